The van der Waals surface area contributed by atoms with Gasteiger partial charge in [0.1, 0.15) is 0 Å². The average Bonchev–Trinajstić information content (AvgIpc) is 2.67. The largest absolute Gasteiger partial charge is 0.417 e. The second-order valence-electron chi connectivity index (χ2n) is 5.68. The predicted octanol–water partition coefficient (Wildman–Crippen LogP) is 4.33. The highest BCUT2D eigenvalue weighted by Gasteiger charge is 2.14. The molecule has 0 aliphatic rings. The molecule has 1 heterocycles. The number of carbonyl (C=O) groups excluding carboxylic acids is 1. The van der Waals surface area contributed by atoms with Crippen LogP contribution in [-0.2, 0) is 7.05 Å². The van der Waals surface area contributed by atoms with E-state index in [4.69, 9.17) is 4.74 Å². The lowest BCUT2D eigenvalue weighted by atomic mass is 10.2. The lowest BCUT2D eigenvalue weighted by molar-refractivity contribution is 0.0730. The van der Waals surface area contributed by atoms with Crippen LogP contribution in [0.5, 0.6) is 5.75 Å². The fraction of sp³-hybridized carbons (Fsp3) is 0.100. The molecule has 0 N–H and O–H groups in total. The summed E-state index contributed by atoms with van der Waals surface area (Å²) >= 11 is 0. The molecular formula is C20H17N3O3. The van der Waals surface area contributed by atoms with E-state index in [1.54, 1.807) is 49.0 Å². The van der Waals surface area contributed by atoms with Crippen molar-refractivity contribution in [3.8, 4) is 5.75 Å². The van der Waals surface area contributed by atoms with Crippen molar-refractivity contribution in [3.63, 3.8) is 0 Å². The first kappa shape index (κ1) is 17.3. The van der Waals surface area contributed by atoms with Crippen molar-refractivity contribution in [1.29, 1.82) is 0 Å². The van der Waals surface area contributed by atoms with Gasteiger partial charge < -0.3 is 9.30 Å². The summed E-state index contributed by atoms with van der Waals surface area (Å²) in [5.74, 6) is -0.559. The van der Waals surface area contributed by atoms with E-state index >= 15 is 0 Å². The smallest absolute Gasteiger partial charge is 0.343 e. The van der Waals surface area contributed by atoms with Gasteiger partial charge in [-0.1, -0.05) is 18.2 Å². The lowest BCUT2D eigenvalue weighted by Crippen LogP contribution is -2.18. The molecule has 0 atom stereocenters. The van der Waals surface area contributed by atoms with Crippen LogP contribution in [0.15, 0.2) is 81.9 Å². The number of aromatic nitrogens is 1. The molecule has 0 saturated heterocycles. The molecule has 3 rings (SSSR count). The van der Waals surface area contributed by atoms with Crippen LogP contribution in [-0.4, -0.2) is 10.5 Å². The predicted molar refractivity (Wildman–Crippen MR) is 98.4 cm³/mol. The van der Waals surface area contributed by atoms with Crippen LogP contribution >= 0.6 is 0 Å². The molecule has 0 amide bonds. The van der Waals surface area contributed by atoms with Crippen molar-refractivity contribution >= 4 is 17.3 Å². The SMILES string of the molecule is Cc1c(OC(=O)c2ccc(/N=N/c3ccccc3)cc2)c(=O)ccn1C. The summed E-state index contributed by atoms with van der Waals surface area (Å²) in [4.78, 5) is 24.2. The first-order valence-corrected chi connectivity index (χ1v) is 8.00. The number of hydrogen-bond donors (Lipinski definition) is 0. The fourth-order valence-electron chi connectivity index (χ4n) is 2.26. The molecular weight excluding hydrogens is 330 g/mol. The number of azo groups is 1. The molecule has 3 aromatic rings. The molecule has 130 valence electrons. The Morgan fingerprint density at radius 1 is 0.923 bits per heavy atom. The first-order valence-electron chi connectivity index (χ1n) is 8.00. The number of benzene rings is 2. The maximum atomic E-state index is 12.3. The van der Waals surface area contributed by atoms with Gasteiger partial charge in [0, 0.05) is 19.3 Å². The van der Waals surface area contributed by atoms with Crippen LogP contribution < -0.4 is 10.2 Å². The van der Waals surface area contributed by atoms with Crippen molar-refractivity contribution < 1.29 is 9.53 Å². The molecule has 0 saturated carbocycles. The maximum Gasteiger partial charge on any atom is 0.343 e. The summed E-state index contributed by atoms with van der Waals surface area (Å²) in [5.41, 5.74) is 1.93. The van der Waals surface area contributed by atoms with Gasteiger partial charge in [0.25, 0.3) is 0 Å². The van der Waals surface area contributed by atoms with E-state index in [1.807, 2.05) is 30.3 Å². The topological polar surface area (TPSA) is 73.0 Å². The molecule has 0 radical (unpaired) electrons. The summed E-state index contributed by atoms with van der Waals surface area (Å²) in [5, 5.41) is 8.24. The number of carbonyl (C=O) groups is 1. The molecule has 2 aromatic carbocycles. The molecule has 26 heavy (non-hydrogen) atoms. The maximum absolute atomic E-state index is 12.3. The van der Waals surface area contributed by atoms with Crippen LogP contribution in [0.1, 0.15) is 16.1 Å². The van der Waals surface area contributed by atoms with Crippen molar-refractivity contribution in [2.24, 2.45) is 17.3 Å². The Morgan fingerprint density at radius 3 is 2.19 bits per heavy atom. The van der Waals surface area contributed by atoms with Crippen LogP contribution in [0.4, 0.5) is 11.4 Å². The normalized spacial score (nSPS) is 10.8. The number of ether oxygens (including phenoxy) is 1. The monoisotopic (exact) mass is 347 g/mol. The van der Waals surface area contributed by atoms with Crippen LogP contribution in [0.3, 0.4) is 0 Å². The van der Waals surface area contributed by atoms with Gasteiger partial charge in [-0.3, -0.25) is 4.79 Å². The Kier molecular flexibility index (Phi) is 5.03. The van der Waals surface area contributed by atoms with Gasteiger partial charge in [-0.05, 0) is 43.3 Å². The number of nitrogens with zero attached hydrogens (tertiary/aromatic N) is 3. The number of aryl methyl sites for hydroxylation is 1. The van der Waals surface area contributed by atoms with Gasteiger partial charge in [0.15, 0.2) is 5.75 Å². The molecule has 0 aliphatic heterocycles. The minimum atomic E-state index is -0.594. The van der Waals surface area contributed by atoms with Gasteiger partial charge >= 0.3 is 5.97 Å². The van der Waals surface area contributed by atoms with Crippen molar-refractivity contribution in [1.82, 2.24) is 4.57 Å². The van der Waals surface area contributed by atoms with Crippen molar-refractivity contribution in [3.05, 3.63) is 88.3 Å². The molecule has 0 aliphatic carbocycles. The van der Waals surface area contributed by atoms with Gasteiger partial charge in [-0.25, -0.2) is 4.79 Å². The van der Waals surface area contributed by atoms with E-state index in [1.165, 1.54) is 6.07 Å². The third-order valence-electron chi connectivity index (χ3n) is 3.87. The zero-order valence-electron chi connectivity index (χ0n) is 14.4. The van der Waals surface area contributed by atoms with Crippen LogP contribution in [0.2, 0.25) is 0 Å². The molecule has 6 nitrogen and oxygen atoms in total. The number of hydrogen-bond acceptors (Lipinski definition) is 5. The summed E-state index contributed by atoms with van der Waals surface area (Å²) in [6.45, 7) is 1.72. The van der Waals surface area contributed by atoms with Gasteiger partial charge in [-0.15, -0.1) is 0 Å². The highest BCUT2D eigenvalue weighted by molar-refractivity contribution is 5.91. The highest BCUT2D eigenvalue weighted by atomic mass is 16.5. The average molecular weight is 347 g/mol. The Balaban J connectivity index is 1.75. The minimum Gasteiger partial charge on any atom is -0.417 e. The van der Waals surface area contributed by atoms with Crippen molar-refractivity contribution in [2.75, 3.05) is 0 Å². The molecule has 1 aromatic heterocycles. The number of esters is 1. The zero-order valence-corrected chi connectivity index (χ0v) is 14.4. The Bertz CT molecular complexity index is 1010. The minimum absolute atomic E-state index is 0.0350. The van der Waals surface area contributed by atoms with Crippen LogP contribution in [0, 0.1) is 6.92 Å². The van der Waals surface area contributed by atoms with E-state index < -0.39 is 5.97 Å². The number of rotatable bonds is 4. The van der Waals surface area contributed by atoms with E-state index in [9.17, 15) is 9.59 Å². The van der Waals surface area contributed by atoms with Gasteiger partial charge in [-0.2, -0.15) is 10.2 Å². The van der Waals surface area contributed by atoms with E-state index in [2.05, 4.69) is 10.2 Å². The molecule has 6 heteroatoms. The standard InChI is InChI=1S/C20H17N3O3/c1-14-19(18(24)12-13-23(14)2)26-20(25)15-8-10-17(11-9-15)22-21-16-6-4-3-5-7-16/h3-13H,1-2H3/b22-21+. The Morgan fingerprint density at radius 2 is 1.54 bits per heavy atom. The van der Waals surface area contributed by atoms with Gasteiger partial charge in [0.2, 0.25) is 5.43 Å². The Hall–Kier alpha value is -3.54. The molecule has 0 fully saturated rings. The second kappa shape index (κ2) is 7.57. The van der Waals surface area contributed by atoms with E-state index in [0.29, 0.717) is 16.9 Å². The zero-order chi connectivity index (χ0) is 18.5. The fourth-order valence-corrected chi connectivity index (χ4v) is 2.26. The summed E-state index contributed by atoms with van der Waals surface area (Å²) in [6, 6.07) is 17.2. The highest BCUT2D eigenvalue weighted by Crippen LogP contribution is 2.19. The van der Waals surface area contributed by atoms with E-state index in [0.717, 1.165) is 5.69 Å². The summed E-state index contributed by atoms with van der Waals surface area (Å²) in [7, 11) is 1.78. The number of pyridine rings is 1. The molecule has 0 bridgehead atoms. The molecule has 0 unspecified atom stereocenters. The third-order valence-corrected chi connectivity index (χ3v) is 3.87. The van der Waals surface area contributed by atoms with Crippen LogP contribution in [0.25, 0.3) is 0 Å². The van der Waals surface area contributed by atoms with Crippen molar-refractivity contribution in [2.45, 2.75) is 6.92 Å². The summed E-state index contributed by atoms with van der Waals surface area (Å²) < 4.78 is 7.00. The lowest BCUT2D eigenvalue weighted by Gasteiger charge is -2.10. The quantitative estimate of drug-likeness (QED) is 0.521. The molecule has 0 spiro atoms. The van der Waals surface area contributed by atoms with Gasteiger partial charge in [0.05, 0.1) is 22.6 Å². The third kappa shape index (κ3) is 3.92. The van der Waals surface area contributed by atoms with E-state index in [-0.39, 0.29) is 11.2 Å². The Labute approximate surface area is 150 Å². The first-order chi connectivity index (χ1) is 12.5. The second-order valence-corrected chi connectivity index (χ2v) is 5.68. The summed E-state index contributed by atoms with van der Waals surface area (Å²) in [6.07, 6.45) is 1.63.